The molecule has 0 aliphatic rings. The van der Waals surface area contributed by atoms with Crippen molar-refractivity contribution in [1.82, 2.24) is 24.5 Å². The van der Waals surface area contributed by atoms with Crippen molar-refractivity contribution in [2.45, 2.75) is 13.5 Å². The Morgan fingerprint density at radius 3 is 2.54 bits per heavy atom. The van der Waals surface area contributed by atoms with Gasteiger partial charge in [-0.1, -0.05) is 11.6 Å². The van der Waals surface area contributed by atoms with Gasteiger partial charge in [-0.25, -0.2) is 19.9 Å². The quantitative estimate of drug-likeness (QED) is 0.533. The lowest BCUT2D eigenvalue weighted by molar-refractivity contribution is 0.288. The minimum atomic E-state index is 0.352. The molecule has 0 unspecified atom stereocenters. The van der Waals surface area contributed by atoms with Gasteiger partial charge in [0.2, 0.25) is 5.88 Å². The molecule has 4 aromatic rings. The standard InChI is InChI=1S/C19H18ClN7O/c1-11-24-15-4-3-14(12-8-16(21)26-17(22)9-12)25-19(15)27(11)6-7-28-18-5-2-13(20)10-23-18/h2-5,8-10H,6-7H2,1H3,(H4,21,22,26). The molecule has 0 saturated carbocycles. The highest BCUT2D eigenvalue weighted by Crippen LogP contribution is 2.24. The van der Waals surface area contributed by atoms with E-state index in [4.69, 9.17) is 32.8 Å². The normalized spacial score (nSPS) is 11.1. The van der Waals surface area contributed by atoms with Crippen LogP contribution in [0.3, 0.4) is 0 Å². The van der Waals surface area contributed by atoms with Crippen molar-refractivity contribution in [3.05, 3.63) is 53.4 Å². The van der Waals surface area contributed by atoms with Gasteiger partial charge in [0.05, 0.1) is 17.3 Å². The molecule has 0 spiro atoms. The summed E-state index contributed by atoms with van der Waals surface area (Å²) < 4.78 is 7.70. The Kier molecular flexibility index (Phi) is 4.70. The first-order chi connectivity index (χ1) is 13.5. The van der Waals surface area contributed by atoms with Gasteiger partial charge in [0.25, 0.3) is 0 Å². The topological polar surface area (TPSA) is 118 Å². The number of anilines is 2. The van der Waals surface area contributed by atoms with E-state index >= 15 is 0 Å². The molecule has 28 heavy (non-hydrogen) atoms. The summed E-state index contributed by atoms with van der Waals surface area (Å²) in [5.41, 5.74) is 14.7. The van der Waals surface area contributed by atoms with Crippen LogP contribution in [0.1, 0.15) is 5.82 Å². The molecule has 0 aromatic carbocycles. The van der Waals surface area contributed by atoms with E-state index in [1.165, 1.54) is 0 Å². The van der Waals surface area contributed by atoms with Gasteiger partial charge in [-0.2, -0.15) is 0 Å². The van der Waals surface area contributed by atoms with Gasteiger partial charge in [0.1, 0.15) is 29.6 Å². The number of nitrogens with two attached hydrogens (primary N) is 2. The number of imidazole rings is 1. The number of aromatic nitrogens is 5. The molecule has 0 amide bonds. The van der Waals surface area contributed by atoms with Crippen LogP contribution in [-0.4, -0.2) is 31.1 Å². The average Bonchev–Trinajstić information content (AvgIpc) is 2.97. The van der Waals surface area contributed by atoms with Crippen LogP contribution in [0.4, 0.5) is 11.6 Å². The second-order valence-electron chi connectivity index (χ2n) is 6.22. The summed E-state index contributed by atoms with van der Waals surface area (Å²) in [5, 5.41) is 0.568. The minimum absolute atomic E-state index is 0.352. The molecule has 0 bridgehead atoms. The lowest BCUT2D eigenvalue weighted by Gasteiger charge is -2.09. The molecule has 4 rings (SSSR count). The number of nitrogens with zero attached hydrogens (tertiary/aromatic N) is 5. The number of ether oxygens (including phenoxy) is 1. The predicted octanol–water partition coefficient (Wildman–Crippen LogP) is 3.09. The first-order valence-corrected chi connectivity index (χ1v) is 8.99. The van der Waals surface area contributed by atoms with Crippen molar-refractivity contribution < 1.29 is 4.74 Å². The van der Waals surface area contributed by atoms with Crippen molar-refractivity contribution in [3.8, 4) is 17.1 Å². The van der Waals surface area contributed by atoms with Crippen molar-refractivity contribution in [2.24, 2.45) is 0 Å². The predicted molar refractivity (Wildman–Crippen MR) is 109 cm³/mol. The number of aryl methyl sites for hydroxylation is 1. The number of hydrogen-bond acceptors (Lipinski definition) is 7. The van der Waals surface area contributed by atoms with E-state index in [9.17, 15) is 0 Å². The molecule has 0 aliphatic heterocycles. The van der Waals surface area contributed by atoms with Crippen LogP contribution in [0.2, 0.25) is 5.02 Å². The van der Waals surface area contributed by atoms with Crippen molar-refractivity contribution >= 4 is 34.4 Å². The number of nitrogen functional groups attached to an aromatic ring is 2. The average molecular weight is 396 g/mol. The van der Waals surface area contributed by atoms with E-state index in [-0.39, 0.29) is 0 Å². The third-order valence-electron chi connectivity index (χ3n) is 4.21. The van der Waals surface area contributed by atoms with Gasteiger partial charge in [-0.05, 0) is 37.3 Å². The molecule has 142 valence electrons. The SMILES string of the molecule is Cc1nc2ccc(-c3cc(N)nc(N)c3)nc2n1CCOc1ccc(Cl)cn1. The largest absolute Gasteiger partial charge is 0.476 e. The number of pyridine rings is 3. The maximum atomic E-state index is 5.84. The third-order valence-corrected chi connectivity index (χ3v) is 4.43. The molecule has 4 aromatic heterocycles. The summed E-state index contributed by atoms with van der Waals surface area (Å²) in [6, 6.07) is 10.8. The van der Waals surface area contributed by atoms with E-state index in [2.05, 4.69) is 15.0 Å². The maximum absolute atomic E-state index is 5.84. The number of fused-ring (bicyclic) bond motifs is 1. The van der Waals surface area contributed by atoms with E-state index in [0.29, 0.717) is 35.7 Å². The third kappa shape index (κ3) is 3.67. The highest BCUT2D eigenvalue weighted by molar-refractivity contribution is 6.30. The molecule has 0 radical (unpaired) electrons. The van der Waals surface area contributed by atoms with E-state index in [1.807, 2.05) is 23.6 Å². The maximum Gasteiger partial charge on any atom is 0.213 e. The van der Waals surface area contributed by atoms with Crippen LogP contribution in [0, 0.1) is 6.92 Å². The zero-order valence-electron chi connectivity index (χ0n) is 15.1. The number of rotatable bonds is 5. The molecule has 4 heterocycles. The number of halogens is 1. The van der Waals surface area contributed by atoms with E-state index in [1.54, 1.807) is 30.5 Å². The van der Waals surface area contributed by atoms with E-state index in [0.717, 1.165) is 28.2 Å². The van der Waals surface area contributed by atoms with Gasteiger partial charge >= 0.3 is 0 Å². The Labute approximate surface area is 166 Å². The fourth-order valence-corrected chi connectivity index (χ4v) is 3.07. The van der Waals surface area contributed by atoms with E-state index < -0.39 is 0 Å². The second-order valence-corrected chi connectivity index (χ2v) is 6.65. The molecule has 0 aliphatic carbocycles. The lowest BCUT2D eigenvalue weighted by atomic mass is 10.1. The van der Waals surface area contributed by atoms with Crippen molar-refractivity contribution in [2.75, 3.05) is 18.1 Å². The molecular formula is C19H18ClN7O. The Hall–Kier alpha value is -3.39. The Bertz CT molecular complexity index is 1120. The summed E-state index contributed by atoms with van der Waals surface area (Å²) in [7, 11) is 0. The van der Waals surface area contributed by atoms with Crippen molar-refractivity contribution in [3.63, 3.8) is 0 Å². The first kappa shape index (κ1) is 18.0. The minimum Gasteiger partial charge on any atom is -0.476 e. The molecular weight excluding hydrogens is 378 g/mol. The van der Waals surface area contributed by atoms with Crippen LogP contribution in [0.5, 0.6) is 5.88 Å². The zero-order chi connectivity index (χ0) is 19.7. The van der Waals surface area contributed by atoms with Gasteiger partial charge in [0.15, 0.2) is 5.65 Å². The molecule has 0 atom stereocenters. The number of hydrogen-bond donors (Lipinski definition) is 2. The fraction of sp³-hybridized carbons (Fsp3) is 0.158. The molecule has 8 nitrogen and oxygen atoms in total. The molecule has 9 heteroatoms. The molecule has 4 N–H and O–H groups in total. The Morgan fingerprint density at radius 1 is 1.04 bits per heavy atom. The monoisotopic (exact) mass is 395 g/mol. The van der Waals surface area contributed by atoms with Crippen LogP contribution < -0.4 is 16.2 Å². The summed E-state index contributed by atoms with van der Waals surface area (Å²) in [6.07, 6.45) is 1.55. The van der Waals surface area contributed by atoms with Gasteiger partial charge < -0.3 is 20.8 Å². The van der Waals surface area contributed by atoms with Crippen LogP contribution in [-0.2, 0) is 6.54 Å². The van der Waals surface area contributed by atoms with Gasteiger partial charge in [-0.3, -0.25) is 0 Å². The zero-order valence-corrected chi connectivity index (χ0v) is 15.9. The smallest absolute Gasteiger partial charge is 0.213 e. The van der Waals surface area contributed by atoms with Crippen LogP contribution in [0.25, 0.3) is 22.4 Å². The van der Waals surface area contributed by atoms with Crippen LogP contribution in [0.15, 0.2) is 42.6 Å². The first-order valence-electron chi connectivity index (χ1n) is 8.61. The summed E-state index contributed by atoms with van der Waals surface area (Å²) in [4.78, 5) is 17.5. The van der Waals surface area contributed by atoms with Gasteiger partial charge in [0, 0.05) is 17.8 Å². The van der Waals surface area contributed by atoms with Gasteiger partial charge in [-0.15, -0.1) is 0 Å². The summed E-state index contributed by atoms with van der Waals surface area (Å²) in [6.45, 7) is 2.93. The second kappa shape index (κ2) is 7.32. The summed E-state index contributed by atoms with van der Waals surface area (Å²) in [5.74, 6) is 2.07. The Balaban J connectivity index is 1.60. The summed E-state index contributed by atoms with van der Waals surface area (Å²) >= 11 is 5.84. The lowest BCUT2D eigenvalue weighted by Crippen LogP contribution is -2.10. The molecule has 0 saturated heterocycles. The van der Waals surface area contributed by atoms with Crippen LogP contribution >= 0.6 is 11.6 Å². The highest BCUT2D eigenvalue weighted by Gasteiger charge is 2.12. The fourth-order valence-electron chi connectivity index (χ4n) is 2.95. The highest BCUT2D eigenvalue weighted by atomic mass is 35.5. The van der Waals surface area contributed by atoms with Crippen molar-refractivity contribution in [1.29, 1.82) is 0 Å². The molecule has 0 fully saturated rings. The Morgan fingerprint density at radius 2 is 1.82 bits per heavy atom.